The molecule has 10 nitrogen and oxygen atoms in total. The maximum Gasteiger partial charge on any atom is 0.443 e. The first kappa shape index (κ1) is 18.0. The van der Waals surface area contributed by atoms with Crippen molar-refractivity contribution < 1.29 is 38.0 Å². The lowest BCUT2D eigenvalue weighted by Crippen LogP contribution is -2.61. The van der Waals surface area contributed by atoms with Crippen LogP contribution in [0.5, 0.6) is 11.5 Å². The Hall–Kier alpha value is -4.08. The minimum Gasteiger partial charge on any atom is -0.477 e. The molecule has 0 radical (unpaired) electrons. The number of aliphatic imine (C=N–C) groups is 2. The third kappa shape index (κ3) is 2.43. The molecule has 2 unspecified atom stereocenters. The van der Waals surface area contributed by atoms with Crippen LogP contribution in [-0.4, -0.2) is 49.8 Å². The molecule has 2 spiro atoms. The van der Waals surface area contributed by atoms with Crippen molar-refractivity contribution >= 4 is 23.7 Å². The van der Waals surface area contributed by atoms with Crippen molar-refractivity contribution in [3.63, 3.8) is 0 Å². The highest BCUT2D eigenvalue weighted by Crippen LogP contribution is 2.40. The van der Waals surface area contributed by atoms with E-state index in [1.54, 1.807) is 48.5 Å². The van der Waals surface area contributed by atoms with Crippen molar-refractivity contribution in [3.8, 4) is 11.5 Å². The molecule has 0 bridgehead atoms. The summed E-state index contributed by atoms with van der Waals surface area (Å²) in [7, 11) is 2.55. The molecule has 0 fully saturated rings. The monoisotopic (exact) mass is 410 g/mol. The van der Waals surface area contributed by atoms with E-state index in [1.165, 1.54) is 14.2 Å². The number of rotatable bonds is 0. The van der Waals surface area contributed by atoms with E-state index in [9.17, 15) is 9.59 Å². The van der Waals surface area contributed by atoms with Crippen LogP contribution in [0.25, 0.3) is 0 Å². The van der Waals surface area contributed by atoms with E-state index in [4.69, 9.17) is 28.4 Å². The first-order valence-corrected chi connectivity index (χ1v) is 8.82. The zero-order chi connectivity index (χ0) is 20.9. The summed E-state index contributed by atoms with van der Waals surface area (Å²) in [5.41, 5.74) is 0.421. The number of para-hydroxylation sites is 2. The maximum absolute atomic E-state index is 12.6. The molecular formula is C20H14N2O8. The summed E-state index contributed by atoms with van der Waals surface area (Å²) in [5.74, 6) is -5.82. The molecule has 0 saturated carbocycles. The molecule has 152 valence electrons. The number of benzene rings is 2. The third-order valence-electron chi connectivity index (χ3n) is 4.60. The molecule has 3 aliphatic rings. The average molecular weight is 410 g/mol. The predicted molar refractivity (Wildman–Crippen MR) is 99.3 cm³/mol. The first-order chi connectivity index (χ1) is 14.5. The summed E-state index contributed by atoms with van der Waals surface area (Å²) in [5, 5.41) is 0. The van der Waals surface area contributed by atoms with Crippen molar-refractivity contribution in [1.82, 2.24) is 0 Å². The highest BCUT2D eigenvalue weighted by atomic mass is 16.8. The van der Waals surface area contributed by atoms with E-state index in [0.29, 0.717) is 0 Å². The molecular weight excluding hydrogens is 396 g/mol. The average Bonchev–Trinajstić information content (AvgIpc) is 2.75. The van der Waals surface area contributed by atoms with Crippen molar-refractivity contribution in [1.29, 1.82) is 0 Å². The van der Waals surface area contributed by atoms with E-state index in [-0.39, 0.29) is 34.4 Å². The van der Waals surface area contributed by atoms with Crippen molar-refractivity contribution in [2.45, 2.75) is 11.8 Å². The van der Waals surface area contributed by atoms with E-state index >= 15 is 0 Å². The number of fused-ring (bicyclic) bond motifs is 2. The number of carbonyl (C=O) groups is 2. The second-order valence-corrected chi connectivity index (χ2v) is 6.38. The van der Waals surface area contributed by atoms with Gasteiger partial charge in [0.25, 0.3) is 0 Å². The lowest BCUT2D eigenvalue weighted by molar-refractivity contribution is -0.142. The number of nitrogens with zero attached hydrogens (tertiary/aromatic N) is 2. The summed E-state index contributed by atoms with van der Waals surface area (Å²) in [4.78, 5) is 33.6. The lowest BCUT2D eigenvalue weighted by Gasteiger charge is -2.40. The summed E-state index contributed by atoms with van der Waals surface area (Å²) in [6.07, 6.45) is 0. The number of ether oxygens (including phenoxy) is 6. The van der Waals surface area contributed by atoms with E-state index in [1.807, 2.05) is 0 Å². The van der Waals surface area contributed by atoms with Gasteiger partial charge in [0.1, 0.15) is 22.6 Å². The van der Waals surface area contributed by atoms with Crippen LogP contribution in [0.4, 0.5) is 0 Å². The van der Waals surface area contributed by atoms with Gasteiger partial charge in [-0.1, -0.05) is 24.3 Å². The van der Waals surface area contributed by atoms with E-state index in [0.717, 1.165) is 0 Å². The molecule has 3 heterocycles. The lowest BCUT2D eigenvalue weighted by atomic mass is 10.1. The Kier molecular flexibility index (Phi) is 3.72. The van der Waals surface area contributed by atoms with Gasteiger partial charge < -0.3 is 28.4 Å². The Morgan fingerprint density at radius 3 is 1.47 bits per heavy atom. The second-order valence-electron chi connectivity index (χ2n) is 6.38. The number of hydrogen-bond donors (Lipinski definition) is 0. The zero-order valence-corrected chi connectivity index (χ0v) is 15.8. The SMILES string of the molecule is COC1=NC2(OC(=O)c3ccccc3O2)C(OC)=NC12OC(=O)c1ccccc1O2. The first-order valence-electron chi connectivity index (χ1n) is 8.82. The molecule has 2 aromatic carbocycles. The van der Waals surface area contributed by atoms with Gasteiger partial charge in [-0.2, -0.15) is 9.98 Å². The summed E-state index contributed by atoms with van der Waals surface area (Å²) >= 11 is 0. The fourth-order valence-electron chi connectivity index (χ4n) is 3.27. The molecule has 3 aliphatic heterocycles. The highest BCUT2D eigenvalue weighted by Gasteiger charge is 2.61. The van der Waals surface area contributed by atoms with Gasteiger partial charge in [-0.3, -0.25) is 0 Å². The normalized spacial score (nSPS) is 26.2. The second kappa shape index (κ2) is 6.21. The van der Waals surface area contributed by atoms with Gasteiger partial charge in [-0.05, 0) is 24.3 Å². The molecule has 30 heavy (non-hydrogen) atoms. The van der Waals surface area contributed by atoms with Gasteiger partial charge in [0, 0.05) is 0 Å². The van der Waals surface area contributed by atoms with E-state index < -0.39 is 23.8 Å². The van der Waals surface area contributed by atoms with Gasteiger partial charge in [-0.25, -0.2) is 9.59 Å². The smallest absolute Gasteiger partial charge is 0.443 e. The highest BCUT2D eigenvalue weighted by molar-refractivity contribution is 6.03. The zero-order valence-electron chi connectivity index (χ0n) is 15.8. The number of carbonyl (C=O) groups excluding carboxylic acids is 2. The molecule has 0 amide bonds. The van der Waals surface area contributed by atoms with Crippen LogP contribution >= 0.6 is 0 Å². The molecule has 2 aromatic rings. The fraction of sp³-hybridized carbons (Fsp3) is 0.200. The molecule has 2 atom stereocenters. The Morgan fingerprint density at radius 2 is 1.07 bits per heavy atom. The molecule has 10 heteroatoms. The number of esters is 2. The van der Waals surface area contributed by atoms with Gasteiger partial charge in [0.05, 0.1) is 14.2 Å². The third-order valence-corrected chi connectivity index (χ3v) is 4.60. The number of hydrogen-bond acceptors (Lipinski definition) is 10. The molecule has 0 aromatic heterocycles. The van der Waals surface area contributed by atoms with Crippen LogP contribution in [0, 0.1) is 0 Å². The minimum atomic E-state index is -2.11. The Bertz CT molecular complexity index is 1050. The van der Waals surface area contributed by atoms with Crippen molar-refractivity contribution in [2.75, 3.05) is 14.2 Å². The van der Waals surface area contributed by atoms with Crippen LogP contribution in [0.2, 0.25) is 0 Å². The Labute approximate surface area is 169 Å². The van der Waals surface area contributed by atoms with Crippen LogP contribution in [0.15, 0.2) is 58.5 Å². The molecule has 0 saturated heterocycles. The van der Waals surface area contributed by atoms with Gasteiger partial charge >= 0.3 is 35.6 Å². The Balaban J connectivity index is 1.64. The fourth-order valence-corrected chi connectivity index (χ4v) is 3.27. The standard InChI is InChI=1S/C20H14N2O8/c1-25-17-19(27-13-9-5-3-7-11(13)15(23)29-19)22-18(26-2)20(21-17)28-14-10-6-4-8-12(14)16(24)30-20/h3-10H,1-2H3. The van der Waals surface area contributed by atoms with Gasteiger partial charge in [0.15, 0.2) is 0 Å². The maximum atomic E-state index is 12.6. The van der Waals surface area contributed by atoms with Crippen molar-refractivity contribution in [2.24, 2.45) is 9.98 Å². The van der Waals surface area contributed by atoms with Crippen LogP contribution in [0.3, 0.4) is 0 Å². The summed E-state index contributed by atoms with van der Waals surface area (Å²) in [6, 6.07) is 12.9. The minimum absolute atomic E-state index is 0.209. The predicted octanol–water partition coefficient (Wildman–Crippen LogP) is 1.90. The quantitative estimate of drug-likeness (QED) is 0.605. The molecule has 0 N–H and O–H groups in total. The molecule has 5 rings (SSSR count). The van der Waals surface area contributed by atoms with E-state index in [2.05, 4.69) is 9.98 Å². The summed E-state index contributed by atoms with van der Waals surface area (Å²) < 4.78 is 33.1. The molecule has 0 aliphatic carbocycles. The van der Waals surface area contributed by atoms with Gasteiger partial charge in [0.2, 0.25) is 0 Å². The summed E-state index contributed by atoms with van der Waals surface area (Å²) in [6.45, 7) is 0. The van der Waals surface area contributed by atoms with Crippen LogP contribution in [-0.2, 0) is 18.9 Å². The number of methoxy groups -OCH3 is 2. The largest absolute Gasteiger partial charge is 0.477 e. The van der Waals surface area contributed by atoms with Crippen molar-refractivity contribution in [3.05, 3.63) is 59.7 Å². The van der Waals surface area contributed by atoms with Gasteiger partial charge in [-0.15, -0.1) is 0 Å². The van der Waals surface area contributed by atoms with Crippen LogP contribution in [0.1, 0.15) is 20.7 Å². The van der Waals surface area contributed by atoms with Crippen LogP contribution < -0.4 is 9.47 Å². The Morgan fingerprint density at radius 1 is 0.667 bits per heavy atom. The topological polar surface area (TPSA) is 114 Å².